The molecule has 0 N–H and O–H groups in total. The summed E-state index contributed by atoms with van der Waals surface area (Å²) < 4.78 is 10.5. The van der Waals surface area contributed by atoms with Gasteiger partial charge in [0.2, 0.25) is 0 Å². The first kappa shape index (κ1) is 15.6. The monoisotopic (exact) mass is 336 g/mol. The lowest BCUT2D eigenvalue weighted by Gasteiger charge is -2.18. The third-order valence-electron chi connectivity index (χ3n) is 4.62. The Kier molecular flexibility index (Phi) is 4.09. The quantitative estimate of drug-likeness (QED) is 0.727. The van der Waals surface area contributed by atoms with Crippen LogP contribution in [-0.4, -0.2) is 35.3 Å². The molecule has 4 rings (SSSR count). The zero-order valence-corrected chi connectivity index (χ0v) is 14.3. The number of pyridine rings is 1. The van der Waals surface area contributed by atoms with Crippen molar-refractivity contribution in [3.63, 3.8) is 0 Å². The Morgan fingerprint density at radius 2 is 2.04 bits per heavy atom. The average Bonchev–Trinajstić information content (AvgIpc) is 3.31. The van der Waals surface area contributed by atoms with Crippen molar-refractivity contribution in [2.45, 2.75) is 19.3 Å². The fourth-order valence-corrected chi connectivity index (χ4v) is 3.26. The average molecular weight is 336 g/mol. The van der Waals surface area contributed by atoms with Crippen LogP contribution >= 0.6 is 0 Å². The topological polar surface area (TPSA) is 64.3 Å². The maximum atomic E-state index is 5.26. The molecule has 0 aliphatic carbocycles. The van der Waals surface area contributed by atoms with Gasteiger partial charge in [-0.25, -0.2) is 4.98 Å². The van der Waals surface area contributed by atoms with Gasteiger partial charge in [-0.2, -0.15) is 4.98 Å². The van der Waals surface area contributed by atoms with E-state index in [9.17, 15) is 0 Å². The molecule has 0 amide bonds. The Morgan fingerprint density at radius 1 is 1.20 bits per heavy atom. The van der Waals surface area contributed by atoms with Gasteiger partial charge in [0.1, 0.15) is 11.6 Å². The Hall–Kier alpha value is -2.89. The number of hydrogen-bond donors (Lipinski definition) is 0. The summed E-state index contributed by atoms with van der Waals surface area (Å²) in [5, 5.41) is 3.86. The molecule has 1 aliphatic heterocycles. The number of aryl methyl sites for hydroxylation is 1. The number of benzene rings is 1. The van der Waals surface area contributed by atoms with Crippen LogP contribution in [0.4, 0.5) is 5.82 Å². The number of aromatic nitrogens is 3. The summed E-state index contributed by atoms with van der Waals surface area (Å²) >= 11 is 0. The lowest BCUT2D eigenvalue weighted by molar-refractivity contribution is 0.414. The van der Waals surface area contributed by atoms with Crippen molar-refractivity contribution < 1.29 is 9.26 Å². The third-order valence-corrected chi connectivity index (χ3v) is 4.62. The highest BCUT2D eigenvalue weighted by Gasteiger charge is 2.25. The maximum absolute atomic E-state index is 5.26. The second kappa shape index (κ2) is 6.55. The summed E-state index contributed by atoms with van der Waals surface area (Å²) in [5.41, 5.74) is 2.24. The molecule has 1 aliphatic rings. The number of anilines is 1. The lowest BCUT2D eigenvalue weighted by Crippen LogP contribution is -2.20. The van der Waals surface area contributed by atoms with Gasteiger partial charge in [0.05, 0.1) is 7.11 Å². The minimum absolute atomic E-state index is 0.502. The molecule has 2 aromatic heterocycles. The van der Waals surface area contributed by atoms with Crippen molar-refractivity contribution in [3.8, 4) is 17.2 Å². The summed E-state index contributed by atoms with van der Waals surface area (Å²) in [6.45, 7) is 3.75. The van der Waals surface area contributed by atoms with Gasteiger partial charge in [-0.15, -0.1) is 0 Å². The largest absolute Gasteiger partial charge is 0.497 e. The Balaban J connectivity index is 1.51. The van der Waals surface area contributed by atoms with Crippen molar-refractivity contribution in [2.24, 2.45) is 0 Å². The first-order chi connectivity index (χ1) is 12.2. The fraction of sp³-hybridized carbons (Fsp3) is 0.316. The van der Waals surface area contributed by atoms with E-state index in [1.54, 1.807) is 13.3 Å². The fourth-order valence-electron chi connectivity index (χ4n) is 3.26. The first-order valence-corrected chi connectivity index (χ1v) is 8.38. The molecule has 3 heterocycles. The molecule has 128 valence electrons. The molecule has 0 radical (unpaired) electrons. The highest BCUT2D eigenvalue weighted by atomic mass is 16.5. The van der Waals surface area contributed by atoms with Gasteiger partial charge < -0.3 is 14.2 Å². The maximum Gasteiger partial charge on any atom is 0.258 e. The standard InChI is InChI=1S/C19H20N4O2/c1-13-21-19(25-22-13)15-7-9-20-18(11-15)23-10-8-16(12-23)14-3-5-17(24-2)6-4-14/h3-7,9,11,16H,8,10,12H2,1-2H3/t16-/m0/s1. The first-order valence-electron chi connectivity index (χ1n) is 8.38. The van der Waals surface area contributed by atoms with E-state index in [-0.39, 0.29) is 0 Å². The number of rotatable bonds is 4. The summed E-state index contributed by atoms with van der Waals surface area (Å²) in [6.07, 6.45) is 2.91. The van der Waals surface area contributed by atoms with Gasteiger partial charge in [-0.1, -0.05) is 17.3 Å². The van der Waals surface area contributed by atoms with Gasteiger partial charge in [-0.3, -0.25) is 0 Å². The van der Waals surface area contributed by atoms with Crippen LogP contribution in [0.15, 0.2) is 47.1 Å². The summed E-state index contributed by atoms with van der Waals surface area (Å²) in [5.74, 6) is 3.51. The van der Waals surface area contributed by atoms with Crippen molar-refractivity contribution in [3.05, 3.63) is 54.0 Å². The molecule has 1 aromatic carbocycles. The molecule has 3 aromatic rings. The Labute approximate surface area is 146 Å². The van der Waals surface area contributed by atoms with E-state index < -0.39 is 0 Å². The second-order valence-corrected chi connectivity index (χ2v) is 6.25. The van der Waals surface area contributed by atoms with E-state index in [1.807, 2.05) is 31.2 Å². The van der Waals surface area contributed by atoms with E-state index in [0.29, 0.717) is 17.6 Å². The van der Waals surface area contributed by atoms with E-state index in [0.717, 1.165) is 36.6 Å². The van der Waals surface area contributed by atoms with Crippen molar-refractivity contribution in [1.29, 1.82) is 0 Å². The summed E-state index contributed by atoms with van der Waals surface area (Å²) in [4.78, 5) is 11.1. The highest BCUT2D eigenvalue weighted by Crippen LogP contribution is 2.32. The van der Waals surface area contributed by atoms with Crippen LogP contribution in [-0.2, 0) is 0 Å². The van der Waals surface area contributed by atoms with Gasteiger partial charge in [0.15, 0.2) is 5.82 Å². The van der Waals surface area contributed by atoms with Crippen LogP contribution in [0.3, 0.4) is 0 Å². The molecule has 0 bridgehead atoms. The molecule has 25 heavy (non-hydrogen) atoms. The van der Waals surface area contributed by atoms with Crippen molar-refractivity contribution in [2.75, 3.05) is 25.1 Å². The molecule has 6 nitrogen and oxygen atoms in total. The van der Waals surface area contributed by atoms with Crippen LogP contribution in [0.1, 0.15) is 23.7 Å². The summed E-state index contributed by atoms with van der Waals surface area (Å²) in [6, 6.07) is 12.3. The lowest BCUT2D eigenvalue weighted by atomic mass is 9.98. The van der Waals surface area contributed by atoms with Crippen LogP contribution in [0.5, 0.6) is 5.75 Å². The molecule has 1 atom stereocenters. The predicted octanol–water partition coefficient (Wildman–Crippen LogP) is 3.44. The van der Waals surface area contributed by atoms with Crippen LogP contribution < -0.4 is 9.64 Å². The smallest absolute Gasteiger partial charge is 0.258 e. The van der Waals surface area contributed by atoms with Crippen molar-refractivity contribution >= 4 is 5.82 Å². The summed E-state index contributed by atoms with van der Waals surface area (Å²) in [7, 11) is 1.69. The van der Waals surface area contributed by atoms with Gasteiger partial charge in [-0.05, 0) is 43.2 Å². The molecular formula is C19H20N4O2. The molecule has 1 fully saturated rings. The Bertz CT molecular complexity index is 860. The van der Waals surface area contributed by atoms with Gasteiger partial charge in [0.25, 0.3) is 5.89 Å². The van der Waals surface area contributed by atoms with Crippen LogP contribution in [0.25, 0.3) is 11.5 Å². The Morgan fingerprint density at radius 3 is 2.76 bits per heavy atom. The van der Waals surface area contributed by atoms with E-state index in [2.05, 4.69) is 32.2 Å². The zero-order valence-electron chi connectivity index (χ0n) is 14.3. The zero-order chi connectivity index (χ0) is 17.2. The predicted molar refractivity (Wildman–Crippen MR) is 94.8 cm³/mol. The SMILES string of the molecule is COc1ccc([C@H]2CCN(c3cc(-c4nc(C)no4)ccn3)C2)cc1. The molecule has 1 saturated heterocycles. The van der Waals surface area contributed by atoms with Gasteiger partial charge >= 0.3 is 0 Å². The van der Waals surface area contributed by atoms with Crippen molar-refractivity contribution in [1.82, 2.24) is 15.1 Å². The molecule has 0 spiro atoms. The molecule has 0 saturated carbocycles. The van der Waals surface area contributed by atoms with E-state index >= 15 is 0 Å². The second-order valence-electron chi connectivity index (χ2n) is 6.25. The number of hydrogen-bond acceptors (Lipinski definition) is 6. The number of methoxy groups -OCH3 is 1. The normalized spacial score (nSPS) is 17.0. The van der Waals surface area contributed by atoms with Gasteiger partial charge in [0, 0.05) is 30.8 Å². The highest BCUT2D eigenvalue weighted by molar-refractivity contribution is 5.59. The minimum Gasteiger partial charge on any atom is -0.497 e. The van der Waals surface area contributed by atoms with Crippen LogP contribution in [0, 0.1) is 6.92 Å². The number of nitrogens with zero attached hydrogens (tertiary/aromatic N) is 4. The molecule has 6 heteroatoms. The minimum atomic E-state index is 0.502. The number of ether oxygens (including phenoxy) is 1. The van der Waals surface area contributed by atoms with Crippen LogP contribution in [0.2, 0.25) is 0 Å². The van der Waals surface area contributed by atoms with E-state index in [4.69, 9.17) is 9.26 Å². The third kappa shape index (κ3) is 3.20. The molecule has 0 unspecified atom stereocenters. The van der Waals surface area contributed by atoms with E-state index in [1.165, 1.54) is 5.56 Å². The molecular weight excluding hydrogens is 316 g/mol.